The molecule has 0 spiro atoms. The van der Waals surface area contributed by atoms with Crippen LogP contribution in [-0.2, 0) is 14.4 Å². The molecule has 3 amide bonds. The van der Waals surface area contributed by atoms with Gasteiger partial charge >= 0.3 is 0 Å². The van der Waals surface area contributed by atoms with Gasteiger partial charge in [-0.15, -0.1) is 0 Å². The number of amides is 3. The van der Waals surface area contributed by atoms with Crippen LogP contribution in [0.2, 0.25) is 0 Å². The van der Waals surface area contributed by atoms with Crippen LogP contribution in [0.3, 0.4) is 0 Å². The van der Waals surface area contributed by atoms with E-state index in [-0.39, 0.29) is 42.1 Å². The number of hydrogen-bond donors (Lipinski definition) is 2. The second-order valence-electron chi connectivity index (χ2n) is 7.60. The molecule has 2 rings (SSSR count). The van der Waals surface area contributed by atoms with Crippen LogP contribution in [0.4, 0.5) is 0 Å². The van der Waals surface area contributed by atoms with Crippen LogP contribution in [0, 0.1) is 11.8 Å². The highest BCUT2D eigenvalue weighted by atomic mass is 32.2. The van der Waals surface area contributed by atoms with E-state index in [1.54, 1.807) is 11.8 Å². The Morgan fingerprint density at radius 2 is 1.88 bits per heavy atom. The average Bonchev–Trinajstić information content (AvgIpc) is 2.53. The number of carbonyl (C=O) groups is 3. The first-order valence-corrected chi connectivity index (χ1v) is 11.3. The monoisotopic (exact) mass is 383 g/mol. The van der Waals surface area contributed by atoms with Gasteiger partial charge in [-0.3, -0.25) is 14.4 Å². The Balaban J connectivity index is 1.81. The fourth-order valence-corrected chi connectivity index (χ4v) is 4.17. The summed E-state index contributed by atoms with van der Waals surface area (Å²) >= 11 is 1.68. The summed E-state index contributed by atoms with van der Waals surface area (Å²) in [5, 5.41) is 5.76. The van der Waals surface area contributed by atoms with Crippen molar-refractivity contribution in [2.24, 2.45) is 11.8 Å². The normalized spacial score (nSPS) is 22.5. The molecule has 148 valence electrons. The zero-order chi connectivity index (χ0) is 18.9. The summed E-state index contributed by atoms with van der Waals surface area (Å²) in [6.45, 7) is 3.34. The summed E-state index contributed by atoms with van der Waals surface area (Å²) < 4.78 is 0. The molecule has 0 radical (unpaired) electrons. The highest BCUT2D eigenvalue weighted by Crippen LogP contribution is 2.26. The Morgan fingerprint density at radius 1 is 1.12 bits per heavy atom. The van der Waals surface area contributed by atoms with Gasteiger partial charge in [0.05, 0.1) is 6.54 Å². The molecule has 2 fully saturated rings. The number of nitrogens with zero attached hydrogens (tertiary/aromatic N) is 1. The van der Waals surface area contributed by atoms with E-state index in [4.69, 9.17) is 0 Å². The lowest BCUT2D eigenvalue weighted by atomic mass is 9.85. The highest BCUT2D eigenvalue weighted by molar-refractivity contribution is 7.98. The second-order valence-corrected chi connectivity index (χ2v) is 8.51. The highest BCUT2D eigenvalue weighted by Gasteiger charge is 2.27. The van der Waals surface area contributed by atoms with Crippen LogP contribution >= 0.6 is 11.8 Å². The summed E-state index contributed by atoms with van der Waals surface area (Å²) in [6.07, 6.45) is 9.01. The molecule has 0 bridgehead atoms. The third-order valence-corrected chi connectivity index (χ3v) is 6.17. The molecule has 0 aromatic heterocycles. The summed E-state index contributed by atoms with van der Waals surface area (Å²) in [5.41, 5.74) is 0. The molecule has 1 saturated carbocycles. The van der Waals surface area contributed by atoms with Crippen molar-refractivity contribution in [3.63, 3.8) is 0 Å². The minimum Gasteiger partial charge on any atom is -0.350 e. The Labute approximate surface area is 161 Å². The minimum atomic E-state index is -0.159. The molecular weight excluding hydrogens is 350 g/mol. The third-order valence-electron chi connectivity index (χ3n) is 5.34. The van der Waals surface area contributed by atoms with Crippen molar-refractivity contribution in [2.45, 2.75) is 57.9 Å². The lowest BCUT2D eigenvalue weighted by Crippen LogP contribution is -2.50. The first kappa shape index (κ1) is 21.1. The van der Waals surface area contributed by atoms with E-state index in [9.17, 15) is 14.4 Å². The van der Waals surface area contributed by atoms with Gasteiger partial charge in [0.25, 0.3) is 0 Å². The molecule has 1 aliphatic carbocycles. The van der Waals surface area contributed by atoms with Crippen molar-refractivity contribution in [1.29, 1.82) is 0 Å². The Hall–Kier alpha value is -1.24. The quantitative estimate of drug-likeness (QED) is 0.703. The van der Waals surface area contributed by atoms with E-state index in [0.29, 0.717) is 6.54 Å². The fraction of sp³-hybridized carbons (Fsp3) is 0.842. The average molecular weight is 384 g/mol. The number of rotatable bonds is 7. The number of likely N-dealkylation sites (tertiary alicyclic amines) is 1. The van der Waals surface area contributed by atoms with Gasteiger partial charge in [-0.1, -0.05) is 26.2 Å². The van der Waals surface area contributed by atoms with Gasteiger partial charge < -0.3 is 15.5 Å². The first-order chi connectivity index (χ1) is 12.5. The molecule has 6 nitrogen and oxygen atoms in total. The van der Waals surface area contributed by atoms with Gasteiger partial charge in [0.1, 0.15) is 0 Å². The number of thioether (sulfide) groups is 1. The molecule has 26 heavy (non-hydrogen) atoms. The molecule has 2 atom stereocenters. The SMILES string of the molecule is CSCC(C)C(=O)N1CCCCCC(NC(=O)CNC(=O)C2CCC2)C1. The van der Waals surface area contributed by atoms with Gasteiger partial charge in [-0.25, -0.2) is 0 Å². The third kappa shape index (κ3) is 6.49. The van der Waals surface area contributed by atoms with Crippen molar-refractivity contribution in [1.82, 2.24) is 15.5 Å². The van der Waals surface area contributed by atoms with E-state index in [1.165, 1.54) is 0 Å². The van der Waals surface area contributed by atoms with E-state index in [2.05, 4.69) is 10.6 Å². The zero-order valence-corrected chi connectivity index (χ0v) is 16.9. The second kappa shape index (κ2) is 10.8. The van der Waals surface area contributed by atoms with Gasteiger partial charge in [0.2, 0.25) is 17.7 Å². The first-order valence-electron chi connectivity index (χ1n) is 9.86. The van der Waals surface area contributed by atoms with Gasteiger partial charge in [0.15, 0.2) is 0 Å². The predicted octanol–water partition coefficient (Wildman–Crippen LogP) is 1.79. The Bertz CT molecular complexity index is 496. The van der Waals surface area contributed by atoms with Crippen molar-refractivity contribution in [3.8, 4) is 0 Å². The largest absolute Gasteiger partial charge is 0.350 e. The van der Waals surface area contributed by atoms with Gasteiger partial charge in [0, 0.05) is 36.7 Å². The van der Waals surface area contributed by atoms with Crippen LogP contribution in [-0.4, -0.2) is 60.3 Å². The lowest BCUT2D eigenvalue weighted by Gasteiger charge is -2.32. The summed E-state index contributed by atoms with van der Waals surface area (Å²) in [7, 11) is 0. The molecule has 2 unspecified atom stereocenters. The standard InChI is InChI=1S/C19H33N3O3S/c1-14(13-26-2)19(25)22-10-5-3-4-9-16(12-22)21-17(23)11-20-18(24)15-7-6-8-15/h14-16H,3-13H2,1-2H3,(H,20,24)(H,21,23). The van der Waals surface area contributed by atoms with Gasteiger partial charge in [-0.2, -0.15) is 11.8 Å². The molecule has 2 aliphatic rings. The van der Waals surface area contributed by atoms with E-state index in [0.717, 1.165) is 57.2 Å². The summed E-state index contributed by atoms with van der Waals surface area (Å²) in [4.78, 5) is 38.6. The number of carbonyl (C=O) groups excluding carboxylic acids is 3. The molecule has 1 aliphatic heterocycles. The molecule has 0 aromatic carbocycles. The van der Waals surface area contributed by atoms with Crippen molar-refractivity contribution in [3.05, 3.63) is 0 Å². The molecular formula is C19H33N3O3S. The minimum absolute atomic E-state index is 0.00235. The topological polar surface area (TPSA) is 78.5 Å². The molecule has 1 saturated heterocycles. The van der Waals surface area contributed by atoms with Gasteiger partial charge in [-0.05, 0) is 31.9 Å². The fourth-order valence-electron chi connectivity index (χ4n) is 3.53. The molecule has 1 heterocycles. The van der Waals surface area contributed by atoms with Crippen LogP contribution in [0.15, 0.2) is 0 Å². The van der Waals surface area contributed by atoms with E-state index in [1.807, 2.05) is 18.1 Å². The molecule has 0 aromatic rings. The van der Waals surface area contributed by atoms with Crippen molar-refractivity contribution in [2.75, 3.05) is 31.6 Å². The maximum Gasteiger partial charge on any atom is 0.239 e. The zero-order valence-electron chi connectivity index (χ0n) is 16.1. The van der Waals surface area contributed by atoms with Crippen molar-refractivity contribution >= 4 is 29.5 Å². The van der Waals surface area contributed by atoms with Crippen LogP contribution in [0.5, 0.6) is 0 Å². The summed E-state index contributed by atoms with van der Waals surface area (Å²) in [6, 6.07) is -0.0335. The predicted molar refractivity (Wildman–Crippen MR) is 105 cm³/mol. The number of hydrogen-bond acceptors (Lipinski definition) is 4. The Morgan fingerprint density at radius 3 is 2.54 bits per heavy atom. The maximum atomic E-state index is 12.7. The summed E-state index contributed by atoms with van der Waals surface area (Å²) in [5.74, 6) is 0.927. The lowest BCUT2D eigenvalue weighted by molar-refractivity contribution is -0.135. The molecule has 7 heteroatoms. The molecule has 2 N–H and O–H groups in total. The van der Waals surface area contributed by atoms with Crippen LogP contribution in [0.25, 0.3) is 0 Å². The number of nitrogens with one attached hydrogen (secondary N) is 2. The van der Waals surface area contributed by atoms with E-state index >= 15 is 0 Å². The van der Waals surface area contributed by atoms with E-state index < -0.39 is 0 Å². The smallest absolute Gasteiger partial charge is 0.239 e. The van der Waals surface area contributed by atoms with Crippen LogP contribution in [0.1, 0.15) is 51.9 Å². The van der Waals surface area contributed by atoms with Crippen LogP contribution < -0.4 is 10.6 Å². The Kier molecular flexibility index (Phi) is 8.75. The van der Waals surface area contributed by atoms with Crippen molar-refractivity contribution < 1.29 is 14.4 Å². The maximum absolute atomic E-state index is 12.7.